The minimum Gasteiger partial charge on any atom is -0.378 e. The summed E-state index contributed by atoms with van der Waals surface area (Å²) >= 11 is -0.150. The molecule has 3 rings (SSSR count). The molecule has 1 unspecified atom stereocenters. The van der Waals surface area contributed by atoms with Crippen LogP contribution < -0.4 is 0 Å². The maximum Gasteiger partial charge on any atom is 0.446 e. The molecule has 152 valence electrons. The van der Waals surface area contributed by atoms with E-state index in [1.165, 1.54) is 18.5 Å². The number of hydrogen-bond acceptors (Lipinski definition) is 5. The molecule has 0 spiro atoms. The normalized spacial score (nSPS) is 14.4. The van der Waals surface area contributed by atoms with Crippen LogP contribution in [0.15, 0.2) is 66.2 Å². The first-order valence-corrected chi connectivity index (χ1v) is 9.63. The Hall–Kier alpha value is -2.45. The zero-order chi connectivity index (χ0) is 21.3. The van der Waals surface area contributed by atoms with Gasteiger partial charge in [-0.15, -0.1) is 0 Å². The number of thioether (sulfide) groups is 1. The van der Waals surface area contributed by atoms with Gasteiger partial charge in [0, 0.05) is 40.0 Å². The van der Waals surface area contributed by atoms with Crippen LogP contribution in [0, 0.1) is 5.41 Å². The van der Waals surface area contributed by atoms with Gasteiger partial charge in [-0.05, 0) is 35.5 Å². The zero-order valence-electron chi connectivity index (χ0n) is 16.1. The van der Waals surface area contributed by atoms with Gasteiger partial charge in [0.05, 0.1) is 5.69 Å². The standard InChI is InChI=1S/C21H20F3N3OS/c1-19(2,3)20(28,16-11-25-13-26-12-16)18-9-6-15(10-27-18)14-4-7-17(8-5-14)29-21(22,23)24/h4-13,28H,1-3H3. The van der Waals surface area contributed by atoms with Crippen LogP contribution in [0.4, 0.5) is 13.2 Å². The second kappa shape index (κ2) is 7.76. The van der Waals surface area contributed by atoms with Gasteiger partial charge in [-0.3, -0.25) is 4.98 Å². The molecule has 0 saturated heterocycles. The minimum absolute atomic E-state index is 0.122. The van der Waals surface area contributed by atoms with E-state index in [1.54, 1.807) is 42.9 Å². The van der Waals surface area contributed by atoms with Crippen LogP contribution in [0.2, 0.25) is 0 Å². The quantitative estimate of drug-likeness (QED) is 0.571. The molecule has 0 aliphatic heterocycles. The average Bonchev–Trinajstić information content (AvgIpc) is 2.67. The molecule has 0 aliphatic carbocycles. The highest BCUT2D eigenvalue weighted by Gasteiger charge is 2.45. The fraction of sp³-hybridized carbons (Fsp3) is 0.286. The molecule has 4 nitrogen and oxygen atoms in total. The van der Waals surface area contributed by atoms with Gasteiger partial charge in [0.2, 0.25) is 0 Å². The number of aromatic nitrogens is 3. The molecule has 1 N–H and O–H groups in total. The smallest absolute Gasteiger partial charge is 0.378 e. The molecule has 0 aliphatic rings. The van der Waals surface area contributed by atoms with E-state index in [0.29, 0.717) is 11.3 Å². The Bertz CT molecular complexity index is 956. The second-order valence-corrected chi connectivity index (χ2v) is 8.73. The van der Waals surface area contributed by atoms with Gasteiger partial charge < -0.3 is 5.11 Å². The molecule has 0 radical (unpaired) electrons. The lowest BCUT2D eigenvalue weighted by atomic mass is 9.70. The van der Waals surface area contributed by atoms with E-state index in [2.05, 4.69) is 15.0 Å². The van der Waals surface area contributed by atoms with Crippen LogP contribution in [0.1, 0.15) is 32.0 Å². The summed E-state index contributed by atoms with van der Waals surface area (Å²) in [4.78, 5) is 12.6. The predicted molar refractivity (Wildman–Crippen MR) is 106 cm³/mol. The Kier molecular flexibility index (Phi) is 5.69. The Morgan fingerprint density at radius 3 is 1.90 bits per heavy atom. The predicted octanol–water partition coefficient (Wildman–Crippen LogP) is 5.43. The van der Waals surface area contributed by atoms with Crippen molar-refractivity contribution in [1.82, 2.24) is 15.0 Å². The maximum atomic E-state index is 12.5. The summed E-state index contributed by atoms with van der Waals surface area (Å²) in [5.74, 6) is 0. The highest BCUT2D eigenvalue weighted by molar-refractivity contribution is 8.00. The van der Waals surface area contributed by atoms with Crippen LogP contribution >= 0.6 is 11.8 Å². The summed E-state index contributed by atoms with van der Waals surface area (Å²) in [5.41, 5.74) is -3.89. The van der Waals surface area contributed by atoms with Crippen molar-refractivity contribution < 1.29 is 18.3 Å². The summed E-state index contributed by atoms with van der Waals surface area (Å²) in [7, 11) is 0. The second-order valence-electron chi connectivity index (χ2n) is 7.59. The molecule has 0 fully saturated rings. The van der Waals surface area contributed by atoms with Crippen molar-refractivity contribution in [2.75, 3.05) is 0 Å². The summed E-state index contributed by atoms with van der Waals surface area (Å²) in [6.07, 6.45) is 6.11. The third kappa shape index (κ3) is 4.59. The lowest BCUT2D eigenvalue weighted by Crippen LogP contribution is -2.42. The highest BCUT2D eigenvalue weighted by Crippen LogP contribution is 2.43. The molecular formula is C21H20F3N3OS. The Morgan fingerprint density at radius 1 is 0.828 bits per heavy atom. The van der Waals surface area contributed by atoms with Crippen molar-refractivity contribution in [2.24, 2.45) is 5.41 Å². The first-order valence-electron chi connectivity index (χ1n) is 8.81. The highest BCUT2D eigenvalue weighted by atomic mass is 32.2. The molecule has 1 atom stereocenters. The van der Waals surface area contributed by atoms with Crippen molar-refractivity contribution in [3.05, 3.63) is 72.6 Å². The van der Waals surface area contributed by atoms with E-state index >= 15 is 0 Å². The first-order chi connectivity index (χ1) is 13.5. The third-order valence-corrected chi connectivity index (χ3v) is 5.36. The Balaban J connectivity index is 1.93. The number of hydrogen-bond donors (Lipinski definition) is 1. The van der Waals surface area contributed by atoms with E-state index in [9.17, 15) is 18.3 Å². The molecule has 29 heavy (non-hydrogen) atoms. The molecule has 0 amide bonds. The largest absolute Gasteiger partial charge is 0.446 e. The van der Waals surface area contributed by atoms with E-state index in [-0.39, 0.29) is 16.7 Å². The third-order valence-electron chi connectivity index (χ3n) is 4.62. The molecule has 0 saturated carbocycles. The minimum atomic E-state index is -4.32. The monoisotopic (exact) mass is 419 g/mol. The fourth-order valence-electron chi connectivity index (χ4n) is 3.08. The Morgan fingerprint density at radius 2 is 1.41 bits per heavy atom. The van der Waals surface area contributed by atoms with Crippen LogP contribution in [-0.2, 0) is 5.60 Å². The van der Waals surface area contributed by atoms with Crippen molar-refractivity contribution in [3.8, 4) is 11.1 Å². The number of nitrogens with zero attached hydrogens (tertiary/aromatic N) is 3. The summed E-state index contributed by atoms with van der Waals surface area (Å²) in [6, 6.07) is 9.58. The van der Waals surface area contributed by atoms with Gasteiger partial charge in [-0.25, -0.2) is 9.97 Å². The first kappa shape index (κ1) is 21.3. The van der Waals surface area contributed by atoms with Crippen molar-refractivity contribution in [3.63, 3.8) is 0 Å². The number of benzene rings is 1. The van der Waals surface area contributed by atoms with E-state index in [0.717, 1.165) is 11.1 Å². The van der Waals surface area contributed by atoms with E-state index in [1.807, 2.05) is 20.8 Å². The van der Waals surface area contributed by atoms with Crippen LogP contribution in [0.25, 0.3) is 11.1 Å². The lowest BCUT2D eigenvalue weighted by molar-refractivity contribution is -0.0328. The maximum absolute atomic E-state index is 12.5. The van der Waals surface area contributed by atoms with Crippen molar-refractivity contribution >= 4 is 11.8 Å². The number of alkyl halides is 3. The zero-order valence-corrected chi connectivity index (χ0v) is 16.9. The molecule has 0 bridgehead atoms. The number of halogens is 3. The topological polar surface area (TPSA) is 58.9 Å². The van der Waals surface area contributed by atoms with Gasteiger partial charge in [0.1, 0.15) is 11.9 Å². The molecule has 3 aromatic rings. The van der Waals surface area contributed by atoms with Gasteiger partial charge in [-0.1, -0.05) is 39.0 Å². The van der Waals surface area contributed by atoms with Gasteiger partial charge in [-0.2, -0.15) is 13.2 Å². The van der Waals surface area contributed by atoms with Gasteiger partial charge in [0.15, 0.2) is 0 Å². The number of rotatable bonds is 4. The van der Waals surface area contributed by atoms with Crippen molar-refractivity contribution in [1.29, 1.82) is 0 Å². The van der Waals surface area contributed by atoms with E-state index < -0.39 is 16.5 Å². The average molecular weight is 419 g/mol. The molecule has 1 aromatic carbocycles. The summed E-state index contributed by atoms with van der Waals surface area (Å²) in [5, 5.41) is 11.5. The molecular weight excluding hydrogens is 399 g/mol. The fourth-order valence-corrected chi connectivity index (χ4v) is 3.62. The summed E-state index contributed by atoms with van der Waals surface area (Å²) in [6.45, 7) is 5.69. The molecule has 8 heteroatoms. The van der Waals surface area contributed by atoms with Crippen LogP contribution in [0.3, 0.4) is 0 Å². The van der Waals surface area contributed by atoms with Crippen LogP contribution in [0.5, 0.6) is 0 Å². The number of pyridine rings is 1. The number of aliphatic hydroxyl groups is 1. The van der Waals surface area contributed by atoms with Crippen LogP contribution in [-0.4, -0.2) is 25.6 Å². The SMILES string of the molecule is CC(C)(C)C(O)(c1cncnc1)c1ccc(-c2ccc(SC(F)(F)F)cc2)cn1. The van der Waals surface area contributed by atoms with Crippen molar-refractivity contribution in [2.45, 2.75) is 36.8 Å². The lowest BCUT2D eigenvalue weighted by Gasteiger charge is -2.39. The molecule has 2 heterocycles. The Labute approximate surface area is 171 Å². The van der Waals surface area contributed by atoms with E-state index in [4.69, 9.17) is 0 Å². The van der Waals surface area contributed by atoms with Gasteiger partial charge >= 0.3 is 5.51 Å². The summed E-state index contributed by atoms with van der Waals surface area (Å²) < 4.78 is 37.4. The van der Waals surface area contributed by atoms with Gasteiger partial charge in [0.25, 0.3) is 0 Å². The molecule has 2 aromatic heterocycles.